The highest BCUT2D eigenvalue weighted by Gasteiger charge is 2.42. The van der Waals surface area contributed by atoms with E-state index in [2.05, 4.69) is 0 Å². The SMILES string of the molecule is CCOc1ccc(N2C(=O)C[C@H]([NH2+]CCc3cccc(F)c3)C2=O)cc1. The van der Waals surface area contributed by atoms with Crippen molar-refractivity contribution >= 4 is 17.5 Å². The number of nitrogens with two attached hydrogens (primary N) is 1. The fraction of sp³-hybridized carbons (Fsp3) is 0.300. The number of rotatable bonds is 7. The van der Waals surface area contributed by atoms with E-state index in [1.165, 1.54) is 17.0 Å². The Labute approximate surface area is 151 Å². The Kier molecular flexibility index (Phi) is 5.63. The van der Waals surface area contributed by atoms with E-state index >= 15 is 0 Å². The van der Waals surface area contributed by atoms with Gasteiger partial charge >= 0.3 is 0 Å². The minimum atomic E-state index is -0.428. The minimum absolute atomic E-state index is 0.176. The Morgan fingerprint density at radius 3 is 2.65 bits per heavy atom. The molecule has 0 unspecified atom stereocenters. The van der Waals surface area contributed by atoms with Crippen LogP contribution in [-0.4, -0.2) is 31.0 Å². The number of benzene rings is 2. The molecule has 1 aliphatic rings. The zero-order valence-corrected chi connectivity index (χ0v) is 14.7. The van der Waals surface area contributed by atoms with Crippen molar-refractivity contribution in [2.75, 3.05) is 18.1 Å². The second kappa shape index (κ2) is 8.10. The van der Waals surface area contributed by atoms with Gasteiger partial charge in [-0.2, -0.15) is 0 Å². The van der Waals surface area contributed by atoms with Gasteiger partial charge in [0.05, 0.1) is 25.3 Å². The molecular formula is C20H22FN2O3+. The Morgan fingerprint density at radius 2 is 1.96 bits per heavy atom. The van der Waals surface area contributed by atoms with E-state index in [4.69, 9.17) is 4.74 Å². The normalized spacial score (nSPS) is 17.0. The maximum Gasteiger partial charge on any atom is 0.292 e. The summed E-state index contributed by atoms with van der Waals surface area (Å²) in [4.78, 5) is 26.1. The van der Waals surface area contributed by atoms with Gasteiger partial charge in [-0.3, -0.25) is 9.59 Å². The smallest absolute Gasteiger partial charge is 0.292 e. The van der Waals surface area contributed by atoms with Crippen LogP contribution in [0.4, 0.5) is 10.1 Å². The molecule has 1 heterocycles. The van der Waals surface area contributed by atoms with Gasteiger partial charge in [0, 0.05) is 6.42 Å². The molecule has 1 aliphatic heterocycles. The van der Waals surface area contributed by atoms with Gasteiger partial charge in [0.2, 0.25) is 5.91 Å². The molecule has 26 heavy (non-hydrogen) atoms. The van der Waals surface area contributed by atoms with Crippen LogP contribution in [0.15, 0.2) is 48.5 Å². The van der Waals surface area contributed by atoms with Crippen molar-refractivity contribution in [1.82, 2.24) is 0 Å². The summed E-state index contributed by atoms with van der Waals surface area (Å²) in [6, 6.07) is 12.9. The monoisotopic (exact) mass is 357 g/mol. The highest BCUT2D eigenvalue weighted by Crippen LogP contribution is 2.24. The number of hydrogen-bond donors (Lipinski definition) is 1. The molecule has 0 saturated carbocycles. The Morgan fingerprint density at radius 1 is 1.19 bits per heavy atom. The molecule has 0 aromatic heterocycles. The van der Waals surface area contributed by atoms with Gasteiger partial charge in [-0.25, -0.2) is 9.29 Å². The third-order valence-corrected chi connectivity index (χ3v) is 4.36. The lowest BCUT2D eigenvalue weighted by atomic mass is 10.1. The van der Waals surface area contributed by atoms with E-state index in [-0.39, 0.29) is 24.1 Å². The number of ether oxygens (including phenoxy) is 1. The maximum atomic E-state index is 13.2. The van der Waals surface area contributed by atoms with Crippen molar-refractivity contribution in [2.45, 2.75) is 25.8 Å². The zero-order valence-electron chi connectivity index (χ0n) is 14.7. The predicted molar refractivity (Wildman–Crippen MR) is 95.4 cm³/mol. The van der Waals surface area contributed by atoms with Crippen LogP contribution in [-0.2, 0) is 16.0 Å². The predicted octanol–water partition coefficient (Wildman–Crippen LogP) is 1.66. The number of imide groups is 1. The summed E-state index contributed by atoms with van der Waals surface area (Å²) in [5.74, 6) is 0.0226. The van der Waals surface area contributed by atoms with E-state index < -0.39 is 6.04 Å². The molecule has 6 heteroatoms. The average Bonchev–Trinajstić information content (AvgIpc) is 2.90. The fourth-order valence-corrected chi connectivity index (χ4v) is 3.11. The third-order valence-electron chi connectivity index (χ3n) is 4.36. The quantitative estimate of drug-likeness (QED) is 0.767. The highest BCUT2D eigenvalue weighted by molar-refractivity contribution is 6.21. The van der Waals surface area contributed by atoms with Crippen LogP contribution in [0, 0.1) is 5.82 Å². The summed E-state index contributed by atoms with van der Waals surface area (Å²) >= 11 is 0. The number of halogens is 1. The molecular weight excluding hydrogens is 335 g/mol. The number of nitrogens with zero attached hydrogens (tertiary/aromatic N) is 1. The zero-order chi connectivity index (χ0) is 18.5. The second-order valence-corrected chi connectivity index (χ2v) is 6.21. The lowest BCUT2D eigenvalue weighted by Gasteiger charge is -2.15. The number of carbonyl (C=O) groups is 2. The topological polar surface area (TPSA) is 63.2 Å². The summed E-state index contributed by atoms with van der Waals surface area (Å²) in [7, 11) is 0. The van der Waals surface area contributed by atoms with Gasteiger partial charge in [0.25, 0.3) is 5.91 Å². The van der Waals surface area contributed by atoms with Gasteiger partial charge in [-0.05, 0) is 48.9 Å². The average molecular weight is 357 g/mol. The van der Waals surface area contributed by atoms with Crippen LogP contribution >= 0.6 is 0 Å². The number of amides is 2. The van der Waals surface area contributed by atoms with Crippen molar-refractivity contribution in [2.24, 2.45) is 0 Å². The first-order valence-electron chi connectivity index (χ1n) is 8.76. The molecule has 5 nitrogen and oxygen atoms in total. The molecule has 1 fully saturated rings. The fourth-order valence-electron chi connectivity index (χ4n) is 3.11. The van der Waals surface area contributed by atoms with E-state index in [1.54, 1.807) is 30.3 Å². The number of hydrogen-bond acceptors (Lipinski definition) is 3. The largest absolute Gasteiger partial charge is 0.494 e. The van der Waals surface area contributed by atoms with Gasteiger partial charge in [0.1, 0.15) is 11.6 Å². The van der Waals surface area contributed by atoms with Gasteiger partial charge in [-0.15, -0.1) is 0 Å². The lowest BCUT2D eigenvalue weighted by molar-refractivity contribution is -0.674. The first-order chi connectivity index (χ1) is 12.6. The van der Waals surface area contributed by atoms with E-state index in [0.29, 0.717) is 31.0 Å². The van der Waals surface area contributed by atoms with Gasteiger partial charge in [-0.1, -0.05) is 12.1 Å². The molecule has 136 valence electrons. The molecule has 2 N–H and O–H groups in total. The summed E-state index contributed by atoms with van der Waals surface area (Å²) in [5, 5.41) is 1.86. The minimum Gasteiger partial charge on any atom is -0.494 e. The highest BCUT2D eigenvalue weighted by atomic mass is 19.1. The molecule has 1 atom stereocenters. The molecule has 0 spiro atoms. The number of anilines is 1. The summed E-state index contributed by atoms with van der Waals surface area (Å²) in [6.45, 7) is 3.07. The summed E-state index contributed by atoms with van der Waals surface area (Å²) in [6.07, 6.45) is 0.813. The van der Waals surface area contributed by atoms with Crippen LogP contribution in [0.2, 0.25) is 0 Å². The summed E-state index contributed by atoms with van der Waals surface area (Å²) < 4.78 is 18.6. The molecule has 2 amide bonds. The maximum absolute atomic E-state index is 13.2. The Hall–Kier alpha value is -2.73. The van der Waals surface area contributed by atoms with E-state index in [1.807, 2.05) is 18.3 Å². The van der Waals surface area contributed by atoms with Crippen LogP contribution in [0.1, 0.15) is 18.9 Å². The van der Waals surface area contributed by atoms with Crippen LogP contribution in [0.3, 0.4) is 0 Å². The number of carbonyl (C=O) groups excluding carboxylic acids is 2. The van der Waals surface area contributed by atoms with Crippen LogP contribution in [0.5, 0.6) is 5.75 Å². The second-order valence-electron chi connectivity index (χ2n) is 6.21. The molecule has 0 bridgehead atoms. The molecule has 3 rings (SSSR count). The van der Waals surface area contributed by atoms with Crippen molar-refractivity contribution in [1.29, 1.82) is 0 Å². The molecule has 1 saturated heterocycles. The summed E-state index contributed by atoms with van der Waals surface area (Å²) in [5.41, 5.74) is 1.44. The van der Waals surface area contributed by atoms with Gasteiger partial charge < -0.3 is 10.1 Å². The van der Waals surface area contributed by atoms with Crippen molar-refractivity contribution in [3.05, 3.63) is 59.9 Å². The van der Waals surface area contributed by atoms with Crippen molar-refractivity contribution in [3.8, 4) is 5.75 Å². The third kappa shape index (κ3) is 4.08. The molecule has 0 aliphatic carbocycles. The first-order valence-corrected chi connectivity index (χ1v) is 8.76. The van der Waals surface area contributed by atoms with Crippen molar-refractivity contribution < 1.29 is 24.0 Å². The van der Waals surface area contributed by atoms with Gasteiger partial charge in [0.15, 0.2) is 6.04 Å². The lowest BCUT2D eigenvalue weighted by Crippen LogP contribution is -2.92. The molecule has 0 radical (unpaired) electrons. The molecule has 2 aromatic carbocycles. The van der Waals surface area contributed by atoms with Crippen LogP contribution < -0.4 is 15.0 Å². The Balaban J connectivity index is 1.59. The number of quaternary nitrogens is 1. The van der Waals surface area contributed by atoms with E-state index in [0.717, 1.165) is 5.56 Å². The Bertz CT molecular complexity index is 792. The first kappa shape index (κ1) is 18.1. The van der Waals surface area contributed by atoms with Crippen molar-refractivity contribution in [3.63, 3.8) is 0 Å². The van der Waals surface area contributed by atoms with Crippen LogP contribution in [0.25, 0.3) is 0 Å². The van der Waals surface area contributed by atoms with E-state index in [9.17, 15) is 14.0 Å². The standard InChI is InChI=1S/C20H21FN2O3/c1-2-26-17-8-6-16(7-9-17)23-19(24)13-18(20(23)25)22-11-10-14-4-3-5-15(21)12-14/h3-9,12,18,22H,2,10-11,13H2,1H3/p+1/t18-/m0/s1. The molecule has 2 aromatic rings.